The topological polar surface area (TPSA) is 140 Å². The smallest absolute Gasteiger partial charge is 0.272 e. The van der Waals surface area contributed by atoms with Crippen LogP contribution in [0.4, 0.5) is 10.2 Å². The predicted octanol–water partition coefficient (Wildman–Crippen LogP) is 1.50. The molecule has 10 nitrogen and oxygen atoms in total. The van der Waals surface area contributed by atoms with E-state index in [-0.39, 0.29) is 23.0 Å². The van der Waals surface area contributed by atoms with E-state index < -0.39 is 30.0 Å². The lowest BCUT2D eigenvalue weighted by atomic mass is 9.90. The van der Waals surface area contributed by atoms with Crippen molar-refractivity contribution in [2.45, 2.75) is 44.1 Å². The molecule has 0 spiro atoms. The number of nitrogens with one attached hydrogen (secondary N) is 2. The molecule has 31 heavy (non-hydrogen) atoms. The Kier molecular flexibility index (Phi) is 5.99. The Morgan fingerprint density at radius 2 is 2.16 bits per heavy atom. The minimum absolute atomic E-state index is 0.0208. The van der Waals surface area contributed by atoms with Gasteiger partial charge in [0.05, 0.1) is 29.8 Å². The minimum Gasteiger partial charge on any atom is -0.390 e. The summed E-state index contributed by atoms with van der Waals surface area (Å²) < 4.78 is 13.5. The van der Waals surface area contributed by atoms with Crippen molar-refractivity contribution in [3.05, 3.63) is 40.8 Å². The molecule has 3 atom stereocenters. The van der Waals surface area contributed by atoms with Crippen molar-refractivity contribution in [2.75, 3.05) is 12.4 Å². The van der Waals surface area contributed by atoms with Crippen LogP contribution in [0.15, 0.2) is 18.6 Å². The number of pyridine rings is 1. The van der Waals surface area contributed by atoms with Crippen molar-refractivity contribution < 1.29 is 19.4 Å². The number of aliphatic hydroxyl groups excluding tert-OH is 2. The number of H-pyrrole nitrogens is 1. The van der Waals surface area contributed by atoms with E-state index >= 15 is 0 Å². The molecule has 1 aliphatic rings. The largest absolute Gasteiger partial charge is 0.390 e. The van der Waals surface area contributed by atoms with E-state index in [1.54, 1.807) is 0 Å². The minimum atomic E-state index is -0.963. The van der Waals surface area contributed by atoms with Gasteiger partial charge in [0.15, 0.2) is 5.65 Å². The predicted molar refractivity (Wildman–Crippen MR) is 110 cm³/mol. The van der Waals surface area contributed by atoms with Gasteiger partial charge in [0.25, 0.3) is 5.91 Å². The second kappa shape index (κ2) is 8.69. The second-order valence-electron chi connectivity index (χ2n) is 7.52. The van der Waals surface area contributed by atoms with Crippen molar-refractivity contribution in [1.82, 2.24) is 30.0 Å². The third-order valence-electron chi connectivity index (χ3n) is 5.34. The van der Waals surface area contributed by atoms with Crippen molar-refractivity contribution in [3.8, 4) is 0 Å². The molecule has 4 N–H and O–H groups in total. The summed E-state index contributed by atoms with van der Waals surface area (Å²) in [5.41, 5.74) is 0.757. The molecule has 3 aromatic rings. The maximum absolute atomic E-state index is 13.5. The molecule has 0 bridgehead atoms. The molecule has 12 heteroatoms. The molecule has 3 heterocycles. The van der Waals surface area contributed by atoms with E-state index in [0.717, 1.165) is 12.6 Å². The number of anilines is 1. The van der Waals surface area contributed by atoms with Gasteiger partial charge >= 0.3 is 0 Å². The summed E-state index contributed by atoms with van der Waals surface area (Å²) in [6.07, 6.45) is 2.41. The first-order valence-electron chi connectivity index (χ1n) is 9.72. The van der Waals surface area contributed by atoms with Gasteiger partial charge in [-0.1, -0.05) is 11.6 Å². The molecule has 0 aliphatic heterocycles. The Hall–Kier alpha value is -2.89. The van der Waals surface area contributed by atoms with Crippen LogP contribution >= 0.6 is 11.6 Å². The Bertz CT molecular complexity index is 1110. The number of rotatable bonds is 5. The molecule has 4 rings (SSSR count). The molecule has 164 valence electrons. The van der Waals surface area contributed by atoms with Crippen molar-refractivity contribution in [2.24, 2.45) is 0 Å². The third kappa shape index (κ3) is 4.29. The number of nitrogens with zero attached hydrogens (tertiary/aromatic N) is 5. The van der Waals surface area contributed by atoms with Gasteiger partial charge in [-0.2, -0.15) is 5.10 Å². The number of aromatic amines is 1. The molecule has 0 unspecified atom stereocenters. The average Bonchev–Trinajstić information content (AvgIpc) is 3.18. The fourth-order valence-electron chi connectivity index (χ4n) is 3.70. The molecule has 3 aromatic heterocycles. The third-order valence-corrected chi connectivity index (χ3v) is 5.68. The van der Waals surface area contributed by atoms with Crippen LogP contribution in [0.25, 0.3) is 11.0 Å². The van der Waals surface area contributed by atoms with E-state index in [1.165, 1.54) is 24.3 Å². The molecule has 0 radical (unpaired) electrons. The van der Waals surface area contributed by atoms with Gasteiger partial charge < -0.3 is 20.4 Å². The van der Waals surface area contributed by atoms with Crippen LogP contribution in [0.5, 0.6) is 0 Å². The number of fused-ring (bicyclic) bond motifs is 1. The summed E-state index contributed by atoms with van der Waals surface area (Å²) in [7, 11) is 1.54. The van der Waals surface area contributed by atoms with Crippen LogP contribution in [0.2, 0.25) is 5.15 Å². The van der Waals surface area contributed by atoms with Crippen LogP contribution in [-0.2, 0) is 6.54 Å². The zero-order valence-electron chi connectivity index (χ0n) is 16.6. The van der Waals surface area contributed by atoms with E-state index in [4.69, 9.17) is 11.6 Å². The Labute approximate surface area is 181 Å². The van der Waals surface area contributed by atoms with Crippen molar-refractivity contribution >= 4 is 34.4 Å². The number of carbonyl (C=O) groups is 1. The Morgan fingerprint density at radius 3 is 2.97 bits per heavy atom. The second-order valence-corrected chi connectivity index (χ2v) is 7.88. The van der Waals surface area contributed by atoms with Crippen LogP contribution in [0.3, 0.4) is 0 Å². The first kappa shape index (κ1) is 21.3. The van der Waals surface area contributed by atoms with E-state index in [1.807, 2.05) is 0 Å². The summed E-state index contributed by atoms with van der Waals surface area (Å²) in [6, 6.07) is 0.783. The van der Waals surface area contributed by atoms with Gasteiger partial charge in [-0.05, 0) is 25.3 Å². The van der Waals surface area contributed by atoms with Crippen molar-refractivity contribution in [3.63, 3.8) is 0 Å². The first-order chi connectivity index (χ1) is 14.8. The number of aromatic nitrogens is 5. The van der Waals surface area contributed by atoms with Crippen molar-refractivity contribution in [1.29, 1.82) is 0 Å². The highest BCUT2D eigenvalue weighted by Gasteiger charge is 2.32. The van der Waals surface area contributed by atoms with Crippen LogP contribution in [0.1, 0.15) is 35.3 Å². The quantitative estimate of drug-likeness (QED) is 0.429. The number of halogens is 2. The number of amides is 1. The fourth-order valence-corrected chi connectivity index (χ4v) is 3.87. The van der Waals surface area contributed by atoms with E-state index in [0.29, 0.717) is 29.6 Å². The number of aliphatic hydroxyl groups is 2. The normalized spacial score (nSPS) is 21.3. The SMILES string of the molecule is CN(Cc1cc(F)cnc1Cl)C(=O)c1[nH]nc2ncnc(N[C@@H]3CCC[C@@H](O)[C@H]3O)c12. The lowest BCUT2D eigenvalue weighted by molar-refractivity contribution is -0.0161. The maximum atomic E-state index is 13.5. The summed E-state index contributed by atoms with van der Waals surface area (Å²) in [6.45, 7) is 0.0208. The number of hydrogen-bond donors (Lipinski definition) is 4. The molecular weight excluding hydrogens is 429 g/mol. The average molecular weight is 450 g/mol. The monoisotopic (exact) mass is 449 g/mol. The molecule has 1 fully saturated rings. The molecular formula is C19H21ClFN7O3. The van der Waals surface area contributed by atoms with Gasteiger partial charge in [-0.25, -0.2) is 19.3 Å². The highest BCUT2D eigenvalue weighted by molar-refractivity contribution is 6.30. The zero-order chi connectivity index (χ0) is 22.1. The molecule has 1 aliphatic carbocycles. The zero-order valence-corrected chi connectivity index (χ0v) is 17.3. The van der Waals surface area contributed by atoms with Gasteiger partial charge in [-0.15, -0.1) is 0 Å². The molecule has 0 saturated heterocycles. The van der Waals surface area contributed by atoms with Crippen LogP contribution < -0.4 is 5.32 Å². The Balaban J connectivity index is 1.62. The lowest BCUT2D eigenvalue weighted by Gasteiger charge is -2.32. The highest BCUT2D eigenvalue weighted by Crippen LogP contribution is 2.27. The highest BCUT2D eigenvalue weighted by atomic mass is 35.5. The Morgan fingerprint density at radius 1 is 1.35 bits per heavy atom. The first-order valence-corrected chi connectivity index (χ1v) is 10.1. The molecule has 1 saturated carbocycles. The van der Waals surface area contributed by atoms with Gasteiger partial charge in [0.1, 0.15) is 28.8 Å². The lowest BCUT2D eigenvalue weighted by Crippen LogP contribution is -2.45. The summed E-state index contributed by atoms with van der Waals surface area (Å²) in [4.78, 5) is 26.5. The van der Waals surface area contributed by atoms with Gasteiger partial charge in [-0.3, -0.25) is 9.89 Å². The summed E-state index contributed by atoms with van der Waals surface area (Å²) in [5.74, 6) is -0.677. The maximum Gasteiger partial charge on any atom is 0.272 e. The van der Waals surface area contributed by atoms with E-state index in [9.17, 15) is 19.4 Å². The summed E-state index contributed by atoms with van der Waals surface area (Å²) >= 11 is 6.01. The van der Waals surface area contributed by atoms with E-state index in [2.05, 4.69) is 30.5 Å². The van der Waals surface area contributed by atoms with Crippen LogP contribution in [-0.4, -0.2) is 71.5 Å². The van der Waals surface area contributed by atoms with Crippen LogP contribution in [0, 0.1) is 5.82 Å². The molecule has 0 aromatic carbocycles. The standard InChI is InChI=1S/C19H21ClFN7O3/c1-28(7-9-5-10(21)6-22-16(9)20)19(31)14-13-17(23-8-24-18(13)27-26-14)25-11-3-2-4-12(29)15(11)30/h5-6,8,11-12,15,29-30H,2-4,7H2,1H3,(H2,23,24,25,26,27)/t11-,12-,15+/m1/s1. The number of carbonyl (C=O) groups excluding carboxylic acids is 1. The fraction of sp³-hybridized carbons (Fsp3) is 0.421. The number of hydrogen-bond acceptors (Lipinski definition) is 8. The van der Waals surface area contributed by atoms with Gasteiger partial charge in [0, 0.05) is 19.2 Å². The van der Waals surface area contributed by atoms with Gasteiger partial charge in [0.2, 0.25) is 0 Å². The summed E-state index contributed by atoms with van der Waals surface area (Å²) in [5, 5.41) is 30.6. The molecule has 1 amide bonds.